The molecular formula is C16H23BrN2O3. The van der Waals surface area contributed by atoms with Crippen LogP contribution in [0.3, 0.4) is 0 Å². The normalized spacial score (nSPS) is 22.9. The maximum Gasteiger partial charge on any atom is 0.223 e. The van der Waals surface area contributed by atoms with E-state index in [0.717, 1.165) is 30.2 Å². The second kappa shape index (κ2) is 8.50. The van der Waals surface area contributed by atoms with Gasteiger partial charge in [0.05, 0.1) is 4.47 Å². The SMILES string of the molecule is NC1CCCC(C(=O)NCC(O)COc2ccccc2Br)C1. The molecule has 1 aromatic rings. The average molecular weight is 371 g/mol. The van der Waals surface area contributed by atoms with E-state index >= 15 is 0 Å². The topological polar surface area (TPSA) is 84.6 Å². The standard InChI is InChI=1S/C16H23BrN2O3/c17-14-6-1-2-7-15(14)22-10-13(20)9-19-16(21)11-4-3-5-12(18)8-11/h1-2,6-7,11-13,20H,3-5,8-10,18H2,(H,19,21). The Labute approximate surface area is 139 Å². The van der Waals surface area contributed by atoms with Gasteiger partial charge in [-0.15, -0.1) is 0 Å². The number of rotatable bonds is 6. The van der Waals surface area contributed by atoms with Crippen LogP contribution in [-0.4, -0.2) is 36.3 Å². The van der Waals surface area contributed by atoms with Gasteiger partial charge in [0.25, 0.3) is 0 Å². The monoisotopic (exact) mass is 370 g/mol. The summed E-state index contributed by atoms with van der Waals surface area (Å²) >= 11 is 3.38. The number of hydrogen-bond acceptors (Lipinski definition) is 4. The Morgan fingerprint density at radius 3 is 2.95 bits per heavy atom. The molecule has 6 heteroatoms. The highest BCUT2D eigenvalue weighted by Gasteiger charge is 2.25. The zero-order valence-corrected chi connectivity index (χ0v) is 14.1. The second-order valence-electron chi connectivity index (χ2n) is 5.76. The molecule has 0 radical (unpaired) electrons. The van der Waals surface area contributed by atoms with E-state index < -0.39 is 6.10 Å². The summed E-state index contributed by atoms with van der Waals surface area (Å²) in [5.41, 5.74) is 5.89. The molecule has 5 nitrogen and oxygen atoms in total. The van der Waals surface area contributed by atoms with E-state index in [-0.39, 0.29) is 31.0 Å². The molecular weight excluding hydrogens is 348 g/mol. The lowest BCUT2D eigenvalue weighted by Gasteiger charge is -2.26. The molecule has 122 valence electrons. The number of hydrogen-bond donors (Lipinski definition) is 3. The Kier molecular flexibility index (Phi) is 6.67. The zero-order chi connectivity index (χ0) is 15.9. The molecule has 0 heterocycles. The van der Waals surface area contributed by atoms with Crippen LogP contribution in [0.15, 0.2) is 28.7 Å². The van der Waals surface area contributed by atoms with E-state index in [1.165, 1.54) is 0 Å². The second-order valence-corrected chi connectivity index (χ2v) is 6.62. The third kappa shape index (κ3) is 5.26. The van der Waals surface area contributed by atoms with Crippen molar-refractivity contribution >= 4 is 21.8 Å². The number of aliphatic hydroxyl groups excluding tert-OH is 1. The third-order valence-electron chi connectivity index (χ3n) is 3.87. The van der Waals surface area contributed by atoms with Gasteiger partial charge in [0.15, 0.2) is 0 Å². The third-order valence-corrected chi connectivity index (χ3v) is 4.52. The quantitative estimate of drug-likeness (QED) is 0.712. The predicted octanol–water partition coefficient (Wildman–Crippen LogP) is 1.82. The summed E-state index contributed by atoms with van der Waals surface area (Å²) in [5.74, 6) is 0.626. The molecule has 1 saturated carbocycles. The molecule has 1 fully saturated rings. The van der Waals surface area contributed by atoms with Crippen LogP contribution in [0.5, 0.6) is 5.75 Å². The van der Waals surface area contributed by atoms with E-state index in [9.17, 15) is 9.90 Å². The first-order chi connectivity index (χ1) is 10.6. The van der Waals surface area contributed by atoms with Gasteiger partial charge >= 0.3 is 0 Å². The van der Waals surface area contributed by atoms with Crippen molar-refractivity contribution in [1.29, 1.82) is 0 Å². The van der Waals surface area contributed by atoms with E-state index in [4.69, 9.17) is 10.5 Å². The number of halogens is 1. The van der Waals surface area contributed by atoms with Gasteiger partial charge in [0.1, 0.15) is 18.5 Å². The number of benzene rings is 1. The minimum atomic E-state index is -0.742. The molecule has 3 atom stereocenters. The number of nitrogens with one attached hydrogen (secondary N) is 1. The fourth-order valence-electron chi connectivity index (χ4n) is 2.64. The first-order valence-electron chi connectivity index (χ1n) is 7.65. The van der Waals surface area contributed by atoms with Crippen molar-refractivity contribution in [1.82, 2.24) is 5.32 Å². The Morgan fingerprint density at radius 2 is 2.23 bits per heavy atom. The van der Waals surface area contributed by atoms with Crippen LogP contribution in [0.25, 0.3) is 0 Å². The number of carbonyl (C=O) groups is 1. The summed E-state index contributed by atoms with van der Waals surface area (Å²) in [4.78, 5) is 12.1. The molecule has 0 aromatic heterocycles. The minimum absolute atomic E-state index is 0.0184. The van der Waals surface area contributed by atoms with Gasteiger partial charge in [-0.3, -0.25) is 4.79 Å². The van der Waals surface area contributed by atoms with Gasteiger partial charge in [-0.2, -0.15) is 0 Å². The fraction of sp³-hybridized carbons (Fsp3) is 0.562. The minimum Gasteiger partial charge on any atom is -0.490 e. The maximum absolute atomic E-state index is 12.1. The van der Waals surface area contributed by atoms with Crippen molar-refractivity contribution in [3.05, 3.63) is 28.7 Å². The van der Waals surface area contributed by atoms with Crippen LogP contribution in [-0.2, 0) is 4.79 Å². The van der Waals surface area contributed by atoms with Crippen molar-refractivity contribution in [2.75, 3.05) is 13.2 Å². The lowest BCUT2D eigenvalue weighted by molar-refractivity contribution is -0.126. The highest BCUT2D eigenvalue weighted by Crippen LogP contribution is 2.24. The molecule has 1 aliphatic carbocycles. The van der Waals surface area contributed by atoms with E-state index in [1.54, 1.807) is 0 Å². The molecule has 0 saturated heterocycles. The van der Waals surface area contributed by atoms with Gasteiger partial charge in [-0.05, 0) is 47.3 Å². The molecule has 1 amide bonds. The van der Waals surface area contributed by atoms with Crippen molar-refractivity contribution in [2.45, 2.75) is 37.8 Å². The molecule has 4 N–H and O–H groups in total. The smallest absolute Gasteiger partial charge is 0.223 e. The first kappa shape index (κ1) is 17.2. The summed E-state index contributed by atoms with van der Waals surface area (Å²) in [7, 11) is 0. The van der Waals surface area contributed by atoms with E-state index in [1.807, 2.05) is 24.3 Å². The molecule has 22 heavy (non-hydrogen) atoms. The van der Waals surface area contributed by atoms with Crippen LogP contribution in [0.1, 0.15) is 25.7 Å². The number of para-hydroxylation sites is 1. The van der Waals surface area contributed by atoms with Gasteiger partial charge < -0.3 is 20.9 Å². The summed E-state index contributed by atoms with van der Waals surface area (Å²) in [6, 6.07) is 7.56. The van der Waals surface area contributed by atoms with Crippen LogP contribution in [0, 0.1) is 5.92 Å². The number of nitrogens with two attached hydrogens (primary N) is 1. The number of ether oxygens (including phenoxy) is 1. The first-order valence-corrected chi connectivity index (χ1v) is 8.44. The van der Waals surface area contributed by atoms with Gasteiger partial charge in [-0.25, -0.2) is 0 Å². The summed E-state index contributed by atoms with van der Waals surface area (Å²) < 4.78 is 6.36. The van der Waals surface area contributed by atoms with Crippen molar-refractivity contribution < 1.29 is 14.6 Å². The lowest BCUT2D eigenvalue weighted by Crippen LogP contribution is -2.41. The summed E-state index contributed by atoms with van der Waals surface area (Å²) in [6.45, 7) is 0.322. The lowest BCUT2D eigenvalue weighted by atomic mass is 9.85. The van der Waals surface area contributed by atoms with Crippen LogP contribution < -0.4 is 15.8 Å². The zero-order valence-electron chi connectivity index (χ0n) is 12.5. The Hall–Kier alpha value is -1.11. The van der Waals surface area contributed by atoms with Gasteiger partial charge in [0.2, 0.25) is 5.91 Å². The van der Waals surface area contributed by atoms with Crippen molar-refractivity contribution in [2.24, 2.45) is 11.7 Å². The van der Waals surface area contributed by atoms with E-state index in [2.05, 4.69) is 21.2 Å². The highest BCUT2D eigenvalue weighted by atomic mass is 79.9. The predicted molar refractivity (Wildman–Crippen MR) is 88.6 cm³/mol. The fourth-order valence-corrected chi connectivity index (χ4v) is 3.03. The van der Waals surface area contributed by atoms with Crippen LogP contribution in [0.2, 0.25) is 0 Å². The average Bonchev–Trinajstić information content (AvgIpc) is 2.52. The maximum atomic E-state index is 12.1. The molecule has 0 bridgehead atoms. The number of carbonyl (C=O) groups excluding carboxylic acids is 1. The molecule has 1 aliphatic rings. The van der Waals surface area contributed by atoms with Crippen molar-refractivity contribution in [3.63, 3.8) is 0 Å². The number of aliphatic hydroxyl groups is 1. The molecule has 1 aromatic carbocycles. The Balaban J connectivity index is 1.70. The molecule has 3 unspecified atom stereocenters. The van der Waals surface area contributed by atoms with Gasteiger partial charge in [0, 0.05) is 18.5 Å². The van der Waals surface area contributed by atoms with Crippen LogP contribution in [0.4, 0.5) is 0 Å². The Bertz CT molecular complexity index is 498. The molecule has 0 aliphatic heterocycles. The van der Waals surface area contributed by atoms with Crippen molar-refractivity contribution in [3.8, 4) is 5.75 Å². The summed E-state index contributed by atoms with van der Waals surface area (Å²) in [5, 5.41) is 12.7. The molecule has 0 spiro atoms. The molecule has 2 rings (SSSR count). The number of amides is 1. The highest BCUT2D eigenvalue weighted by molar-refractivity contribution is 9.10. The summed E-state index contributed by atoms with van der Waals surface area (Å²) in [6.07, 6.45) is 2.85. The van der Waals surface area contributed by atoms with Gasteiger partial charge in [-0.1, -0.05) is 18.6 Å². The Morgan fingerprint density at radius 1 is 1.45 bits per heavy atom. The van der Waals surface area contributed by atoms with Crippen LogP contribution >= 0.6 is 15.9 Å². The largest absolute Gasteiger partial charge is 0.490 e. The van der Waals surface area contributed by atoms with E-state index in [0.29, 0.717) is 5.75 Å².